The molecular weight excluding hydrogens is 272 g/mol. The maximum Gasteiger partial charge on any atom is 0.238 e. The molecule has 0 fully saturated rings. The Labute approximate surface area is 123 Å². The zero-order valence-electron chi connectivity index (χ0n) is 11.6. The first kappa shape index (κ1) is 14.9. The molecule has 0 radical (unpaired) electrons. The van der Waals surface area contributed by atoms with Gasteiger partial charge in [-0.3, -0.25) is 9.59 Å². The molecule has 1 aromatic rings. The van der Waals surface area contributed by atoms with Crippen LogP contribution in [-0.4, -0.2) is 23.6 Å². The maximum atomic E-state index is 12.0. The number of para-hydroxylation sites is 1. The number of carbonyl (C=O) groups excluding carboxylic acids is 2. The van der Waals surface area contributed by atoms with E-state index >= 15 is 0 Å². The number of hydrogen-bond acceptors (Lipinski definition) is 3. The minimum atomic E-state index is -0.337. The van der Waals surface area contributed by atoms with Gasteiger partial charge in [0.15, 0.2) is 0 Å². The number of nitrogens with one attached hydrogen (secondary N) is 2. The summed E-state index contributed by atoms with van der Waals surface area (Å²) >= 11 is 1.46. The molecule has 1 aliphatic rings. The van der Waals surface area contributed by atoms with Crippen molar-refractivity contribution in [2.75, 3.05) is 11.9 Å². The highest BCUT2D eigenvalue weighted by molar-refractivity contribution is 8.01. The SMILES string of the molecule is CCCCCNC(=O)C[C@@H]1Sc2ccccc2NC1=O. The Hall–Kier alpha value is -1.49. The molecule has 20 heavy (non-hydrogen) atoms. The Balaban J connectivity index is 1.84. The van der Waals surface area contributed by atoms with Crippen molar-refractivity contribution < 1.29 is 9.59 Å². The summed E-state index contributed by atoms with van der Waals surface area (Å²) in [4.78, 5) is 24.8. The summed E-state index contributed by atoms with van der Waals surface area (Å²) in [6, 6.07) is 7.67. The molecule has 0 spiro atoms. The Bertz CT molecular complexity index is 491. The number of benzene rings is 1. The van der Waals surface area contributed by atoms with E-state index in [2.05, 4.69) is 17.6 Å². The van der Waals surface area contributed by atoms with Crippen LogP contribution in [0.3, 0.4) is 0 Å². The summed E-state index contributed by atoms with van der Waals surface area (Å²) in [5.74, 6) is -0.134. The first-order valence-electron chi connectivity index (χ1n) is 7.04. The van der Waals surface area contributed by atoms with Crippen LogP contribution in [0.15, 0.2) is 29.2 Å². The van der Waals surface area contributed by atoms with Gasteiger partial charge in [-0.05, 0) is 18.6 Å². The van der Waals surface area contributed by atoms with E-state index in [-0.39, 0.29) is 23.5 Å². The van der Waals surface area contributed by atoms with Crippen LogP contribution in [0.2, 0.25) is 0 Å². The molecule has 0 saturated heterocycles. The van der Waals surface area contributed by atoms with Crippen molar-refractivity contribution in [2.45, 2.75) is 42.8 Å². The number of hydrogen-bond donors (Lipinski definition) is 2. The third-order valence-electron chi connectivity index (χ3n) is 3.18. The molecule has 0 saturated carbocycles. The normalized spacial score (nSPS) is 17.2. The molecule has 2 amide bonds. The van der Waals surface area contributed by atoms with Gasteiger partial charge in [0.05, 0.1) is 10.9 Å². The smallest absolute Gasteiger partial charge is 0.238 e. The lowest BCUT2D eigenvalue weighted by Gasteiger charge is -2.23. The number of unbranched alkanes of at least 4 members (excludes halogenated alkanes) is 2. The van der Waals surface area contributed by atoms with Gasteiger partial charge in [-0.1, -0.05) is 31.9 Å². The van der Waals surface area contributed by atoms with Crippen LogP contribution >= 0.6 is 11.8 Å². The second kappa shape index (κ2) is 7.33. The van der Waals surface area contributed by atoms with Crippen LogP contribution in [0, 0.1) is 0 Å². The van der Waals surface area contributed by atoms with Crippen LogP contribution in [0.25, 0.3) is 0 Å². The Kier molecular flexibility index (Phi) is 5.47. The summed E-state index contributed by atoms with van der Waals surface area (Å²) in [5, 5.41) is 5.39. The van der Waals surface area contributed by atoms with E-state index in [1.807, 2.05) is 24.3 Å². The molecule has 108 valence electrons. The van der Waals surface area contributed by atoms with E-state index in [0.29, 0.717) is 6.54 Å². The zero-order chi connectivity index (χ0) is 14.4. The summed E-state index contributed by atoms with van der Waals surface area (Å²) in [6.45, 7) is 2.82. The second-order valence-electron chi connectivity index (χ2n) is 4.85. The van der Waals surface area contributed by atoms with Crippen LogP contribution in [0.1, 0.15) is 32.6 Å². The van der Waals surface area contributed by atoms with Crippen molar-refractivity contribution >= 4 is 29.3 Å². The zero-order valence-corrected chi connectivity index (χ0v) is 12.5. The van der Waals surface area contributed by atoms with Gasteiger partial charge in [0.2, 0.25) is 11.8 Å². The first-order chi connectivity index (χ1) is 9.70. The quantitative estimate of drug-likeness (QED) is 0.793. The van der Waals surface area contributed by atoms with Gasteiger partial charge in [0, 0.05) is 17.9 Å². The van der Waals surface area contributed by atoms with Crippen molar-refractivity contribution in [2.24, 2.45) is 0 Å². The lowest BCUT2D eigenvalue weighted by molar-refractivity contribution is -0.124. The number of carbonyl (C=O) groups is 2. The molecule has 0 unspecified atom stereocenters. The Morgan fingerprint density at radius 1 is 1.35 bits per heavy atom. The van der Waals surface area contributed by atoms with Gasteiger partial charge in [-0.2, -0.15) is 0 Å². The molecule has 1 heterocycles. The summed E-state index contributed by atoms with van der Waals surface area (Å²) < 4.78 is 0. The molecular formula is C15H20N2O2S. The molecule has 2 N–H and O–H groups in total. The predicted octanol–water partition coefficient (Wildman–Crippen LogP) is 2.80. The summed E-state index contributed by atoms with van der Waals surface area (Å²) in [7, 11) is 0. The lowest BCUT2D eigenvalue weighted by atomic mass is 10.2. The molecule has 0 aromatic heterocycles. The molecule has 0 aliphatic carbocycles. The Morgan fingerprint density at radius 2 is 2.15 bits per heavy atom. The van der Waals surface area contributed by atoms with Crippen LogP contribution in [0.4, 0.5) is 5.69 Å². The molecule has 5 heteroatoms. The molecule has 1 atom stereocenters. The van der Waals surface area contributed by atoms with Crippen LogP contribution in [-0.2, 0) is 9.59 Å². The van der Waals surface area contributed by atoms with Crippen LogP contribution < -0.4 is 10.6 Å². The summed E-state index contributed by atoms with van der Waals surface area (Å²) in [5.41, 5.74) is 0.835. The van der Waals surface area contributed by atoms with Gasteiger partial charge >= 0.3 is 0 Å². The number of fused-ring (bicyclic) bond motifs is 1. The van der Waals surface area contributed by atoms with E-state index in [1.165, 1.54) is 11.8 Å². The number of amides is 2. The highest BCUT2D eigenvalue weighted by Gasteiger charge is 2.28. The Morgan fingerprint density at radius 3 is 2.95 bits per heavy atom. The van der Waals surface area contributed by atoms with Gasteiger partial charge < -0.3 is 10.6 Å². The molecule has 2 rings (SSSR count). The van der Waals surface area contributed by atoms with Gasteiger partial charge in [0.1, 0.15) is 0 Å². The lowest BCUT2D eigenvalue weighted by Crippen LogP contribution is -2.35. The maximum absolute atomic E-state index is 12.0. The van der Waals surface area contributed by atoms with Crippen molar-refractivity contribution in [3.05, 3.63) is 24.3 Å². The van der Waals surface area contributed by atoms with E-state index in [4.69, 9.17) is 0 Å². The third-order valence-corrected chi connectivity index (χ3v) is 4.46. The largest absolute Gasteiger partial charge is 0.356 e. The minimum Gasteiger partial charge on any atom is -0.356 e. The van der Waals surface area contributed by atoms with Crippen molar-refractivity contribution in [1.29, 1.82) is 0 Å². The summed E-state index contributed by atoms with van der Waals surface area (Å²) in [6.07, 6.45) is 3.48. The standard InChI is InChI=1S/C15H20N2O2S/c1-2-3-6-9-16-14(18)10-13-15(19)17-11-7-4-5-8-12(11)20-13/h4-5,7-8,13H,2-3,6,9-10H2,1H3,(H,16,18)(H,17,19)/t13-/m0/s1. The average Bonchev–Trinajstić information content (AvgIpc) is 2.44. The first-order valence-corrected chi connectivity index (χ1v) is 7.92. The number of thioether (sulfide) groups is 1. The van der Waals surface area contributed by atoms with Gasteiger partial charge in [-0.25, -0.2) is 0 Å². The van der Waals surface area contributed by atoms with Gasteiger partial charge in [-0.15, -0.1) is 11.8 Å². The van der Waals surface area contributed by atoms with Crippen molar-refractivity contribution in [3.8, 4) is 0 Å². The van der Waals surface area contributed by atoms with E-state index < -0.39 is 0 Å². The minimum absolute atomic E-state index is 0.0480. The van der Waals surface area contributed by atoms with E-state index in [9.17, 15) is 9.59 Å². The van der Waals surface area contributed by atoms with Gasteiger partial charge in [0.25, 0.3) is 0 Å². The van der Waals surface area contributed by atoms with E-state index in [1.54, 1.807) is 0 Å². The predicted molar refractivity (Wildman–Crippen MR) is 81.9 cm³/mol. The fourth-order valence-corrected chi connectivity index (χ4v) is 3.18. The third kappa shape index (κ3) is 4.00. The topological polar surface area (TPSA) is 58.2 Å². The van der Waals surface area contributed by atoms with Crippen LogP contribution in [0.5, 0.6) is 0 Å². The monoisotopic (exact) mass is 292 g/mol. The highest BCUT2D eigenvalue weighted by atomic mass is 32.2. The fourth-order valence-electron chi connectivity index (χ4n) is 2.07. The molecule has 4 nitrogen and oxygen atoms in total. The second-order valence-corrected chi connectivity index (χ2v) is 6.10. The van der Waals surface area contributed by atoms with Crippen molar-refractivity contribution in [3.63, 3.8) is 0 Å². The molecule has 1 aromatic carbocycles. The van der Waals surface area contributed by atoms with E-state index in [0.717, 1.165) is 29.8 Å². The highest BCUT2D eigenvalue weighted by Crippen LogP contribution is 2.36. The van der Waals surface area contributed by atoms with Crippen molar-refractivity contribution in [1.82, 2.24) is 5.32 Å². The fraction of sp³-hybridized carbons (Fsp3) is 0.467. The molecule has 0 bridgehead atoms. The average molecular weight is 292 g/mol. The number of anilines is 1. The number of rotatable bonds is 6. The molecule has 1 aliphatic heterocycles.